The Morgan fingerprint density at radius 2 is 1.56 bits per heavy atom. The lowest BCUT2D eigenvalue weighted by Gasteiger charge is -2.23. The van der Waals surface area contributed by atoms with Crippen molar-refractivity contribution in [3.63, 3.8) is 0 Å². The third kappa shape index (κ3) is 5.60. The summed E-state index contributed by atoms with van der Waals surface area (Å²) in [6.45, 7) is 10.1. The molecular formula is C32H35NO3. The predicted octanol–water partition coefficient (Wildman–Crippen LogP) is 7.80. The van der Waals surface area contributed by atoms with Crippen LogP contribution in [0.25, 0.3) is 21.9 Å². The zero-order chi connectivity index (χ0) is 25.8. The molecule has 0 bridgehead atoms. The first-order valence-electron chi connectivity index (χ1n) is 12.5. The number of nitrogens with one attached hydrogen (secondary N) is 1. The highest BCUT2D eigenvalue weighted by atomic mass is 16.5. The molecule has 0 fully saturated rings. The van der Waals surface area contributed by atoms with Gasteiger partial charge in [0.25, 0.3) is 0 Å². The number of esters is 1. The highest BCUT2D eigenvalue weighted by molar-refractivity contribution is 5.98. The monoisotopic (exact) mass is 481 g/mol. The Morgan fingerprint density at radius 1 is 0.806 bits per heavy atom. The van der Waals surface area contributed by atoms with Crippen LogP contribution in [-0.2, 0) is 4.74 Å². The molecule has 0 saturated heterocycles. The van der Waals surface area contributed by atoms with Crippen molar-refractivity contribution in [1.82, 2.24) is 5.32 Å². The molecule has 0 aliphatic rings. The number of rotatable bonds is 8. The molecule has 0 radical (unpaired) electrons. The van der Waals surface area contributed by atoms with Crippen molar-refractivity contribution in [2.45, 2.75) is 52.8 Å². The Balaban J connectivity index is 1.68. The number of ether oxygens (including phenoxy) is 2. The molecule has 4 aromatic rings. The van der Waals surface area contributed by atoms with Gasteiger partial charge in [0.15, 0.2) is 0 Å². The summed E-state index contributed by atoms with van der Waals surface area (Å²) in [4.78, 5) is 12.5. The van der Waals surface area contributed by atoms with Gasteiger partial charge in [0, 0.05) is 12.1 Å². The first-order chi connectivity index (χ1) is 17.3. The average molecular weight is 482 g/mol. The van der Waals surface area contributed by atoms with Gasteiger partial charge in [-0.2, -0.15) is 0 Å². The Labute approximate surface area is 214 Å². The Hall–Kier alpha value is -3.63. The minimum Gasteiger partial charge on any atom is -0.497 e. The molecule has 0 aliphatic heterocycles. The number of aryl methyl sites for hydroxylation is 1. The summed E-state index contributed by atoms with van der Waals surface area (Å²) in [5, 5.41) is 6.12. The van der Waals surface area contributed by atoms with Gasteiger partial charge >= 0.3 is 5.97 Å². The fourth-order valence-electron chi connectivity index (χ4n) is 4.64. The van der Waals surface area contributed by atoms with E-state index < -0.39 is 0 Å². The van der Waals surface area contributed by atoms with E-state index in [4.69, 9.17) is 9.47 Å². The molecule has 186 valence electrons. The van der Waals surface area contributed by atoms with E-state index in [1.807, 2.05) is 45.0 Å². The molecule has 0 spiro atoms. The van der Waals surface area contributed by atoms with Crippen LogP contribution in [0.5, 0.6) is 5.75 Å². The highest BCUT2D eigenvalue weighted by Gasteiger charge is 2.17. The lowest BCUT2D eigenvalue weighted by atomic mass is 9.91. The molecule has 36 heavy (non-hydrogen) atoms. The largest absolute Gasteiger partial charge is 0.497 e. The van der Waals surface area contributed by atoms with Gasteiger partial charge in [-0.05, 0) is 104 Å². The fourth-order valence-corrected chi connectivity index (χ4v) is 4.64. The van der Waals surface area contributed by atoms with E-state index in [1.54, 1.807) is 7.11 Å². The summed E-state index contributed by atoms with van der Waals surface area (Å²) >= 11 is 0. The normalized spacial score (nSPS) is 13.0. The molecular weight excluding hydrogens is 446 g/mol. The van der Waals surface area contributed by atoms with Crippen molar-refractivity contribution in [3.05, 3.63) is 101 Å². The third-order valence-electron chi connectivity index (χ3n) is 6.58. The Bertz CT molecular complexity index is 1380. The summed E-state index contributed by atoms with van der Waals surface area (Å²) in [5.41, 5.74) is 6.14. The van der Waals surface area contributed by atoms with Crippen molar-refractivity contribution in [1.29, 1.82) is 0 Å². The van der Waals surface area contributed by atoms with Gasteiger partial charge in [-0.15, -0.1) is 0 Å². The predicted molar refractivity (Wildman–Crippen MR) is 148 cm³/mol. The molecule has 0 heterocycles. The molecule has 0 aromatic heterocycles. The average Bonchev–Trinajstić information content (AvgIpc) is 2.87. The molecule has 0 saturated carbocycles. The molecule has 1 unspecified atom stereocenters. The van der Waals surface area contributed by atoms with Crippen LogP contribution in [-0.4, -0.2) is 19.2 Å². The van der Waals surface area contributed by atoms with Crippen molar-refractivity contribution >= 4 is 16.7 Å². The number of hydrogen-bond donors (Lipinski definition) is 1. The number of methoxy groups -OCH3 is 1. The molecule has 0 aliphatic carbocycles. The molecule has 4 aromatic carbocycles. The second-order valence-electron chi connectivity index (χ2n) is 9.66. The van der Waals surface area contributed by atoms with Gasteiger partial charge < -0.3 is 14.8 Å². The lowest BCUT2D eigenvalue weighted by Crippen LogP contribution is -2.22. The maximum Gasteiger partial charge on any atom is 0.338 e. The van der Waals surface area contributed by atoms with E-state index in [9.17, 15) is 4.79 Å². The first kappa shape index (κ1) is 25.5. The van der Waals surface area contributed by atoms with Crippen molar-refractivity contribution in [3.8, 4) is 16.9 Å². The summed E-state index contributed by atoms with van der Waals surface area (Å²) < 4.78 is 10.8. The number of hydrogen-bond acceptors (Lipinski definition) is 4. The zero-order valence-electron chi connectivity index (χ0n) is 22.0. The highest BCUT2D eigenvalue weighted by Crippen LogP contribution is 2.34. The smallest absolute Gasteiger partial charge is 0.338 e. The first-order valence-corrected chi connectivity index (χ1v) is 12.5. The lowest BCUT2D eigenvalue weighted by molar-refractivity contribution is 0.0377. The molecule has 0 amide bonds. The van der Waals surface area contributed by atoms with Crippen LogP contribution in [0, 0.1) is 6.92 Å². The number of carbonyl (C=O) groups excluding carboxylic acids is 1. The maximum atomic E-state index is 12.5. The molecule has 2 atom stereocenters. The standard InChI is InChI=1S/C32H35NO3/c1-20(2)36-32(34)29-15-14-26(16-21(29)3)31-19-27(17-25-10-7-8-13-30(25)31)23(5)33-22(4)24-11-9-12-28(18-24)35-6/h7-20,22-23,33H,1-6H3/t22-,23?/m1/s1. The number of carbonyl (C=O) groups is 1. The minimum absolute atomic E-state index is 0.121. The molecule has 1 N–H and O–H groups in total. The van der Waals surface area contributed by atoms with Crippen LogP contribution in [0.1, 0.15) is 66.8 Å². The van der Waals surface area contributed by atoms with Crippen molar-refractivity contribution in [2.24, 2.45) is 0 Å². The van der Waals surface area contributed by atoms with E-state index in [1.165, 1.54) is 21.9 Å². The quantitative estimate of drug-likeness (QED) is 0.261. The van der Waals surface area contributed by atoms with Gasteiger partial charge in [-0.25, -0.2) is 4.79 Å². The summed E-state index contributed by atoms with van der Waals surface area (Å²) in [6.07, 6.45) is -0.148. The van der Waals surface area contributed by atoms with E-state index >= 15 is 0 Å². The van der Waals surface area contributed by atoms with Crippen LogP contribution >= 0.6 is 0 Å². The maximum absolute atomic E-state index is 12.5. The van der Waals surface area contributed by atoms with Gasteiger partial charge in [0.05, 0.1) is 18.8 Å². The SMILES string of the molecule is COc1cccc([C@@H](C)NC(C)c2cc(-c3ccc(C(=O)OC(C)C)c(C)c3)c3ccccc3c2)c1. The second kappa shape index (κ2) is 11.0. The van der Waals surface area contributed by atoms with E-state index in [0.29, 0.717) is 5.56 Å². The summed E-state index contributed by atoms with van der Waals surface area (Å²) in [7, 11) is 1.69. The van der Waals surface area contributed by atoms with Gasteiger partial charge in [-0.1, -0.05) is 48.5 Å². The zero-order valence-corrected chi connectivity index (χ0v) is 22.0. The van der Waals surface area contributed by atoms with Crippen LogP contribution < -0.4 is 10.1 Å². The summed E-state index contributed by atoms with van der Waals surface area (Å²) in [5.74, 6) is 0.579. The van der Waals surface area contributed by atoms with Crippen molar-refractivity contribution in [2.75, 3.05) is 7.11 Å². The number of fused-ring (bicyclic) bond motifs is 1. The summed E-state index contributed by atoms with van der Waals surface area (Å²) in [6, 6.07) is 27.4. The van der Waals surface area contributed by atoms with E-state index in [2.05, 4.69) is 73.8 Å². The van der Waals surface area contributed by atoms with Crippen molar-refractivity contribution < 1.29 is 14.3 Å². The third-order valence-corrected chi connectivity index (χ3v) is 6.58. The van der Waals surface area contributed by atoms with Gasteiger partial charge in [-0.3, -0.25) is 0 Å². The van der Waals surface area contributed by atoms with Crippen LogP contribution in [0.2, 0.25) is 0 Å². The van der Waals surface area contributed by atoms with E-state index in [-0.39, 0.29) is 24.2 Å². The Kier molecular flexibility index (Phi) is 7.76. The second-order valence-corrected chi connectivity index (χ2v) is 9.66. The Morgan fingerprint density at radius 3 is 2.28 bits per heavy atom. The van der Waals surface area contributed by atoms with Crippen LogP contribution in [0.15, 0.2) is 78.9 Å². The molecule has 4 nitrogen and oxygen atoms in total. The topological polar surface area (TPSA) is 47.6 Å². The van der Waals surface area contributed by atoms with Crippen LogP contribution in [0.3, 0.4) is 0 Å². The number of benzene rings is 4. The van der Waals surface area contributed by atoms with Crippen LogP contribution in [0.4, 0.5) is 0 Å². The molecule has 4 rings (SSSR count). The molecule has 4 heteroatoms. The van der Waals surface area contributed by atoms with E-state index in [0.717, 1.165) is 22.4 Å². The van der Waals surface area contributed by atoms with Gasteiger partial charge in [0.1, 0.15) is 5.75 Å². The minimum atomic E-state index is -0.281. The fraction of sp³-hybridized carbons (Fsp3) is 0.281. The van der Waals surface area contributed by atoms with Gasteiger partial charge in [0.2, 0.25) is 0 Å².